The van der Waals surface area contributed by atoms with Crippen molar-refractivity contribution in [1.82, 2.24) is 0 Å². The van der Waals surface area contributed by atoms with Crippen LogP contribution in [0, 0.1) is 6.07 Å². The number of fused-ring (bicyclic) bond motifs is 2. The van der Waals surface area contributed by atoms with Crippen molar-refractivity contribution in [3.8, 4) is 22.6 Å². The van der Waals surface area contributed by atoms with Crippen LogP contribution in [0.25, 0.3) is 11.1 Å². The minimum Gasteiger partial charge on any atom is -0.507 e. The molecule has 1 N–H and O–H groups in total. The van der Waals surface area contributed by atoms with E-state index in [2.05, 4.69) is 30.3 Å². The maximum absolute atomic E-state index is 11.1. The zero-order valence-electron chi connectivity index (χ0n) is 16.8. The highest BCUT2D eigenvalue weighted by molar-refractivity contribution is 5.77. The lowest BCUT2D eigenvalue weighted by Crippen LogP contribution is -2.09. The minimum atomic E-state index is 0.476. The van der Waals surface area contributed by atoms with Crippen molar-refractivity contribution in [1.29, 1.82) is 0 Å². The van der Waals surface area contributed by atoms with E-state index in [4.69, 9.17) is 4.74 Å². The van der Waals surface area contributed by atoms with E-state index < -0.39 is 0 Å². The van der Waals surface area contributed by atoms with Gasteiger partial charge in [-0.2, -0.15) is 0 Å². The average molecular weight is 384 g/mol. The van der Waals surface area contributed by atoms with Gasteiger partial charge in [-0.05, 0) is 103 Å². The minimum absolute atomic E-state index is 0.476. The summed E-state index contributed by atoms with van der Waals surface area (Å²) in [5, 5.41) is 11.1. The first-order valence-electron chi connectivity index (χ1n) is 10.9. The number of hydrogen-bond donors (Lipinski definition) is 1. The van der Waals surface area contributed by atoms with Crippen LogP contribution in [0.1, 0.15) is 53.5 Å². The highest BCUT2D eigenvalue weighted by atomic mass is 16.5. The Kier molecular flexibility index (Phi) is 5.01. The van der Waals surface area contributed by atoms with E-state index in [1.54, 1.807) is 0 Å². The Morgan fingerprint density at radius 3 is 2.31 bits per heavy atom. The van der Waals surface area contributed by atoms with E-state index in [0.717, 1.165) is 54.5 Å². The summed E-state index contributed by atoms with van der Waals surface area (Å²) in [6.45, 7) is 0.588. The molecule has 3 aromatic rings. The highest BCUT2D eigenvalue weighted by Gasteiger charge is 2.23. The largest absolute Gasteiger partial charge is 0.507 e. The molecule has 0 aliphatic heterocycles. The lowest BCUT2D eigenvalue weighted by molar-refractivity contribution is 0.301. The van der Waals surface area contributed by atoms with Gasteiger partial charge in [-0.25, -0.2) is 0 Å². The van der Waals surface area contributed by atoms with Gasteiger partial charge in [0.05, 0.1) is 0 Å². The number of hydrogen-bond acceptors (Lipinski definition) is 2. The molecule has 0 amide bonds. The van der Waals surface area contributed by atoms with Crippen LogP contribution in [0.15, 0.2) is 48.5 Å². The molecule has 5 rings (SSSR count). The molecule has 29 heavy (non-hydrogen) atoms. The quantitative estimate of drug-likeness (QED) is 0.581. The standard InChI is InChI=1S/C27H27O2/c28-27-21-11-5-4-10-20(21)14-15-25(27)23-16-17-26(24-13-7-6-12-22(23)24)29-18-19-8-2-1-3-9-19/h1-3,8-9,15-17,28H,4-7,10-13,18H2. The van der Waals surface area contributed by atoms with Gasteiger partial charge in [-0.1, -0.05) is 36.4 Å². The molecule has 0 saturated carbocycles. The monoisotopic (exact) mass is 383 g/mol. The third kappa shape index (κ3) is 3.53. The fraction of sp³-hybridized carbons (Fsp3) is 0.333. The molecule has 2 heteroatoms. The average Bonchev–Trinajstić information content (AvgIpc) is 2.79. The van der Waals surface area contributed by atoms with Crippen molar-refractivity contribution in [3.05, 3.63) is 82.4 Å². The van der Waals surface area contributed by atoms with E-state index in [-0.39, 0.29) is 0 Å². The van der Waals surface area contributed by atoms with Crippen LogP contribution in [-0.2, 0) is 32.3 Å². The summed E-state index contributed by atoms with van der Waals surface area (Å²) in [6.07, 6.45) is 8.83. The molecule has 2 aliphatic rings. The number of aromatic hydroxyl groups is 1. The summed E-state index contributed by atoms with van der Waals surface area (Å²) in [5.41, 5.74) is 8.27. The van der Waals surface area contributed by atoms with E-state index in [1.165, 1.54) is 41.5 Å². The summed E-state index contributed by atoms with van der Waals surface area (Å²) in [5.74, 6) is 1.47. The molecule has 2 nitrogen and oxygen atoms in total. The Hall–Kier alpha value is -2.74. The number of rotatable bonds is 4. The molecule has 0 aromatic heterocycles. The van der Waals surface area contributed by atoms with Gasteiger partial charge in [-0.15, -0.1) is 0 Å². The molecule has 147 valence electrons. The van der Waals surface area contributed by atoms with Crippen molar-refractivity contribution < 1.29 is 9.84 Å². The van der Waals surface area contributed by atoms with Crippen LogP contribution in [-0.4, -0.2) is 5.11 Å². The van der Waals surface area contributed by atoms with E-state index >= 15 is 0 Å². The van der Waals surface area contributed by atoms with Crippen LogP contribution in [0.5, 0.6) is 11.5 Å². The summed E-state index contributed by atoms with van der Waals surface area (Å²) < 4.78 is 6.23. The molecule has 3 aromatic carbocycles. The predicted octanol–water partition coefficient (Wildman–Crippen LogP) is 6.20. The third-order valence-corrected chi connectivity index (χ3v) is 6.42. The molecule has 0 atom stereocenters. The highest BCUT2D eigenvalue weighted by Crippen LogP contribution is 2.43. The Morgan fingerprint density at radius 1 is 0.759 bits per heavy atom. The molecule has 1 radical (unpaired) electrons. The fourth-order valence-corrected chi connectivity index (χ4v) is 4.88. The topological polar surface area (TPSA) is 29.5 Å². The molecular formula is C27H27O2. The fourth-order valence-electron chi connectivity index (χ4n) is 4.88. The summed E-state index contributed by atoms with van der Waals surface area (Å²) in [6, 6.07) is 20.0. The number of phenolic OH excluding ortho intramolecular Hbond substituents is 1. The van der Waals surface area contributed by atoms with Gasteiger partial charge in [0.25, 0.3) is 0 Å². The van der Waals surface area contributed by atoms with Crippen LogP contribution in [0.3, 0.4) is 0 Å². The van der Waals surface area contributed by atoms with Crippen molar-refractivity contribution in [2.75, 3.05) is 0 Å². The first-order valence-corrected chi connectivity index (χ1v) is 10.9. The number of phenols is 1. The first-order chi connectivity index (χ1) is 14.3. The zero-order chi connectivity index (χ0) is 19.6. The van der Waals surface area contributed by atoms with Gasteiger partial charge in [0, 0.05) is 5.56 Å². The Balaban J connectivity index is 1.52. The molecule has 0 spiro atoms. The number of benzene rings is 3. The molecule has 0 saturated heterocycles. The number of aryl methyl sites for hydroxylation is 1. The molecular weight excluding hydrogens is 356 g/mol. The van der Waals surface area contributed by atoms with Gasteiger partial charge < -0.3 is 9.84 Å². The Morgan fingerprint density at radius 2 is 1.48 bits per heavy atom. The zero-order valence-corrected chi connectivity index (χ0v) is 16.8. The molecule has 0 heterocycles. The molecule has 0 fully saturated rings. The van der Waals surface area contributed by atoms with Crippen molar-refractivity contribution in [3.63, 3.8) is 0 Å². The van der Waals surface area contributed by atoms with Gasteiger partial charge >= 0.3 is 0 Å². The SMILES string of the molecule is Oc1c(-c2ccc(OCc3ccccc3)c3c2CCCC3)c[c]c2c1CCCC2. The maximum atomic E-state index is 11.1. The molecule has 0 bridgehead atoms. The van der Waals surface area contributed by atoms with Gasteiger partial charge in [0.2, 0.25) is 0 Å². The normalized spacial score (nSPS) is 15.4. The van der Waals surface area contributed by atoms with Gasteiger partial charge in [0.15, 0.2) is 0 Å². The van der Waals surface area contributed by atoms with E-state index in [0.29, 0.717) is 12.4 Å². The third-order valence-electron chi connectivity index (χ3n) is 6.42. The lowest BCUT2D eigenvalue weighted by atomic mass is 9.82. The smallest absolute Gasteiger partial charge is 0.126 e. The van der Waals surface area contributed by atoms with Crippen molar-refractivity contribution in [2.45, 2.75) is 58.0 Å². The number of ether oxygens (including phenoxy) is 1. The van der Waals surface area contributed by atoms with Crippen LogP contribution < -0.4 is 4.74 Å². The second kappa shape index (κ2) is 7.94. The first kappa shape index (κ1) is 18.3. The van der Waals surface area contributed by atoms with Crippen molar-refractivity contribution in [2.24, 2.45) is 0 Å². The lowest BCUT2D eigenvalue weighted by Gasteiger charge is -2.25. The Labute approximate surface area is 173 Å². The second-order valence-electron chi connectivity index (χ2n) is 8.26. The van der Waals surface area contributed by atoms with E-state index in [1.807, 2.05) is 24.3 Å². The summed E-state index contributed by atoms with van der Waals surface area (Å²) >= 11 is 0. The van der Waals surface area contributed by atoms with Gasteiger partial charge in [-0.3, -0.25) is 0 Å². The molecule has 2 aliphatic carbocycles. The van der Waals surface area contributed by atoms with Crippen LogP contribution >= 0.6 is 0 Å². The summed E-state index contributed by atoms with van der Waals surface area (Å²) in [7, 11) is 0. The van der Waals surface area contributed by atoms with Crippen molar-refractivity contribution >= 4 is 0 Å². The van der Waals surface area contributed by atoms with Gasteiger partial charge in [0.1, 0.15) is 18.1 Å². The van der Waals surface area contributed by atoms with E-state index in [9.17, 15) is 5.11 Å². The van der Waals surface area contributed by atoms with Crippen LogP contribution in [0.2, 0.25) is 0 Å². The second-order valence-corrected chi connectivity index (χ2v) is 8.26. The summed E-state index contributed by atoms with van der Waals surface area (Å²) in [4.78, 5) is 0. The van der Waals surface area contributed by atoms with Crippen LogP contribution in [0.4, 0.5) is 0 Å². The predicted molar refractivity (Wildman–Crippen MR) is 116 cm³/mol. The Bertz CT molecular complexity index is 1020. The maximum Gasteiger partial charge on any atom is 0.126 e. The molecule has 0 unspecified atom stereocenters.